The zero-order valence-electron chi connectivity index (χ0n) is 6.12. The first kappa shape index (κ1) is 8.21. The zero-order valence-corrected chi connectivity index (χ0v) is 7.01. The summed E-state index contributed by atoms with van der Waals surface area (Å²) in [5.41, 5.74) is 1.11. The minimum absolute atomic E-state index is 0.290. The number of allylic oxidation sites excluding steroid dienone is 1. The molecule has 0 bridgehead atoms. The van der Waals surface area contributed by atoms with Crippen LogP contribution in [0.4, 0.5) is 0 Å². The van der Waals surface area contributed by atoms with E-state index in [9.17, 15) is 0 Å². The van der Waals surface area contributed by atoms with Gasteiger partial charge in [-0.1, -0.05) is 18.7 Å². The molecule has 0 fully saturated rings. The smallest absolute Gasteiger partial charge is 0.115 e. The lowest BCUT2D eigenvalue weighted by molar-refractivity contribution is 0.475. The summed E-state index contributed by atoms with van der Waals surface area (Å²) in [5.74, 6) is 0.290. The molecule has 0 saturated heterocycles. The second kappa shape index (κ2) is 3.49. The van der Waals surface area contributed by atoms with Gasteiger partial charge in [0, 0.05) is 6.42 Å². The molecule has 58 valence electrons. The van der Waals surface area contributed by atoms with Crippen molar-refractivity contribution in [3.8, 4) is 5.75 Å². The molecule has 0 radical (unpaired) electrons. The third kappa shape index (κ3) is 2.68. The largest absolute Gasteiger partial charge is 0.508 e. The van der Waals surface area contributed by atoms with Crippen LogP contribution in [0.1, 0.15) is 5.56 Å². The van der Waals surface area contributed by atoms with Crippen LogP contribution in [0, 0.1) is 0 Å². The number of rotatable bonds is 2. The van der Waals surface area contributed by atoms with Crippen LogP contribution in [0.25, 0.3) is 0 Å². The van der Waals surface area contributed by atoms with Gasteiger partial charge in [0.15, 0.2) is 0 Å². The Hall–Kier alpha value is -0.890. The predicted molar refractivity (Wildman–Crippen MR) is 49.9 cm³/mol. The molecule has 1 rings (SSSR count). The van der Waals surface area contributed by atoms with Gasteiger partial charge in [0.1, 0.15) is 5.75 Å². The van der Waals surface area contributed by atoms with E-state index in [1.54, 1.807) is 12.1 Å². The van der Waals surface area contributed by atoms with Gasteiger partial charge in [0.25, 0.3) is 0 Å². The summed E-state index contributed by atoms with van der Waals surface area (Å²) in [6.45, 7) is 3.67. The van der Waals surface area contributed by atoms with Crippen molar-refractivity contribution >= 4 is 12.6 Å². The van der Waals surface area contributed by atoms with E-state index in [4.69, 9.17) is 5.11 Å². The highest BCUT2D eigenvalue weighted by molar-refractivity contribution is 7.84. The Labute approximate surface area is 71.8 Å². The fraction of sp³-hybridized carbons (Fsp3) is 0.111. The van der Waals surface area contributed by atoms with Crippen LogP contribution in [0.5, 0.6) is 5.75 Å². The Bertz CT molecular complexity index is 251. The molecule has 1 aromatic rings. The highest BCUT2D eigenvalue weighted by Crippen LogP contribution is 2.13. The van der Waals surface area contributed by atoms with E-state index < -0.39 is 0 Å². The number of hydrogen-bond acceptors (Lipinski definition) is 2. The first-order valence-corrected chi connectivity index (χ1v) is 3.78. The molecule has 0 aliphatic heterocycles. The van der Waals surface area contributed by atoms with Crippen LogP contribution >= 0.6 is 12.6 Å². The Morgan fingerprint density at radius 1 is 1.36 bits per heavy atom. The average molecular weight is 166 g/mol. The monoisotopic (exact) mass is 166 g/mol. The lowest BCUT2D eigenvalue weighted by atomic mass is 10.1. The first-order chi connectivity index (χ1) is 5.18. The highest BCUT2D eigenvalue weighted by atomic mass is 32.1. The van der Waals surface area contributed by atoms with E-state index in [-0.39, 0.29) is 0 Å². The molecule has 0 atom stereocenters. The van der Waals surface area contributed by atoms with Crippen LogP contribution in [0.2, 0.25) is 0 Å². The number of benzene rings is 1. The minimum atomic E-state index is 0.290. The summed E-state index contributed by atoms with van der Waals surface area (Å²) in [6, 6.07) is 7.03. The van der Waals surface area contributed by atoms with Crippen LogP contribution in [0.15, 0.2) is 35.7 Å². The lowest BCUT2D eigenvalue weighted by Crippen LogP contribution is -1.81. The van der Waals surface area contributed by atoms with Gasteiger partial charge in [0.2, 0.25) is 0 Å². The van der Waals surface area contributed by atoms with Gasteiger partial charge in [-0.05, 0) is 22.6 Å². The number of phenols is 1. The molecule has 0 spiro atoms. The molecule has 0 unspecified atom stereocenters. The quantitative estimate of drug-likeness (QED) is 0.646. The standard InChI is InChI=1S/C9H10OS/c1-7(11)6-8-2-4-9(10)5-3-8/h2-5,10-11H,1,6H2. The molecule has 0 amide bonds. The summed E-state index contributed by atoms with van der Waals surface area (Å²) in [5, 5.41) is 8.95. The normalized spacial score (nSPS) is 9.55. The topological polar surface area (TPSA) is 20.2 Å². The van der Waals surface area contributed by atoms with Crippen molar-refractivity contribution in [2.75, 3.05) is 0 Å². The molecular weight excluding hydrogens is 156 g/mol. The highest BCUT2D eigenvalue weighted by Gasteiger charge is 1.92. The molecule has 0 aliphatic rings. The number of hydrogen-bond donors (Lipinski definition) is 2. The van der Waals surface area contributed by atoms with Crippen LogP contribution in [0.3, 0.4) is 0 Å². The maximum absolute atomic E-state index is 8.95. The van der Waals surface area contributed by atoms with Crippen molar-refractivity contribution in [1.29, 1.82) is 0 Å². The van der Waals surface area contributed by atoms with Gasteiger partial charge < -0.3 is 5.11 Å². The second-order valence-corrected chi connectivity index (χ2v) is 3.04. The van der Waals surface area contributed by atoms with Crippen molar-refractivity contribution < 1.29 is 5.11 Å². The van der Waals surface area contributed by atoms with Gasteiger partial charge in [-0.15, -0.1) is 12.6 Å². The van der Waals surface area contributed by atoms with Crippen molar-refractivity contribution in [2.24, 2.45) is 0 Å². The maximum atomic E-state index is 8.95. The Balaban J connectivity index is 2.74. The SMILES string of the molecule is C=C(S)Cc1ccc(O)cc1. The molecule has 0 saturated carbocycles. The fourth-order valence-electron chi connectivity index (χ4n) is 0.849. The van der Waals surface area contributed by atoms with Gasteiger partial charge in [-0.25, -0.2) is 0 Å². The van der Waals surface area contributed by atoms with E-state index in [2.05, 4.69) is 19.2 Å². The van der Waals surface area contributed by atoms with E-state index in [0.29, 0.717) is 5.75 Å². The van der Waals surface area contributed by atoms with Crippen molar-refractivity contribution in [3.63, 3.8) is 0 Å². The van der Waals surface area contributed by atoms with Crippen molar-refractivity contribution in [3.05, 3.63) is 41.3 Å². The zero-order chi connectivity index (χ0) is 8.27. The summed E-state index contributed by atoms with van der Waals surface area (Å²) in [4.78, 5) is 0.829. The Kier molecular flexibility index (Phi) is 2.60. The Morgan fingerprint density at radius 2 is 1.91 bits per heavy atom. The number of phenolic OH excluding ortho intramolecular Hbond substituents is 1. The van der Waals surface area contributed by atoms with Gasteiger partial charge in [0.05, 0.1) is 0 Å². The summed E-state index contributed by atoms with van der Waals surface area (Å²) in [7, 11) is 0. The Morgan fingerprint density at radius 3 is 2.36 bits per heavy atom. The van der Waals surface area contributed by atoms with E-state index in [0.717, 1.165) is 16.9 Å². The summed E-state index contributed by atoms with van der Waals surface area (Å²) >= 11 is 4.08. The molecular formula is C9H10OS. The van der Waals surface area contributed by atoms with E-state index >= 15 is 0 Å². The van der Waals surface area contributed by atoms with Crippen molar-refractivity contribution in [1.82, 2.24) is 0 Å². The molecule has 0 heterocycles. The molecule has 11 heavy (non-hydrogen) atoms. The van der Waals surface area contributed by atoms with E-state index in [1.165, 1.54) is 0 Å². The molecule has 1 N–H and O–H groups in total. The summed E-state index contributed by atoms with van der Waals surface area (Å²) in [6.07, 6.45) is 0.753. The van der Waals surface area contributed by atoms with Gasteiger partial charge >= 0.3 is 0 Å². The van der Waals surface area contributed by atoms with Crippen LogP contribution in [-0.4, -0.2) is 5.11 Å². The third-order valence-corrected chi connectivity index (χ3v) is 1.50. The molecule has 0 aliphatic carbocycles. The van der Waals surface area contributed by atoms with Crippen LogP contribution in [-0.2, 0) is 6.42 Å². The third-order valence-electron chi connectivity index (χ3n) is 1.34. The minimum Gasteiger partial charge on any atom is -0.508 e. The second-order valence-electron chi connectivity index (χ2n) is 2.41. The molecule has 0 aromatic heterocycles. The molecule has 1 aromatic carbocycles. The maximum Gasteiger partial charge on any atom is 0.115 e. The first-order valence-electron chi connectivity index (χ1n) is 3.33. The lowest BCUT2D eigenvalue weighted by Gasteiger charge is -1.98. The molecule has 1 nitrogen and oxygen atoms in total. The van der Waals surface area contributed by atoms with E-state index in [1.807, 2.05) is 12.1 Å². The number of aromatic hydroxyl groups is 1. The number of thiol groups is 1. The molecule has 2 heteroatoms. The fourth-order valence-corrected chi connectivity index (χ4v) is 1.03. The average Bonchev–Trinajstić information content (AvgIpc) is 1.93. The van der Waals surface area contributed by atoms with Crippen LogP contribution < -0.4 is 0 Å². The van der Waals surface area contributed by atoms with Crippen molar-refractivity contribution in [2.45, 2.75) is 6.42 Å². The van der Waals surface area contributed by atoms with Gasteiger partial charge in [-0.2, -0.15) is 0 Å². The van der Waals surface area contributed by atoms with Gasteiger partial charge in [-0.3, -0.25) is 0 Å². The predicted octanol–water partition coefficient (Wildman–Crippen LogP) is 2.38. The summed E-state index contributed by atoms with van der Waals surface area (Å²) < 4.78 is 0.